The molecule has 0 radical (unpaired) electrons. The molecule has 2 rings (SSSR count). The average molecular weight is 257 g/mol. The number of anilines is 1. The predicted octanol–water partition coefficient (Wildman–Crippen LogP) is 2.98. The number of aliphatic hydroxyl groups is 1. The van der Waals surface area contributed by atoms with Gasteiger partial charge in [-0.3, -0.25) is 0 Å². The second kappa shape index (κ2) is 5.33. The van der Waals surface area contributed by atoms with E-state index in [-0.39, 0.29) is 0 Å². The maximum Gasteiger partial charge on any atom is 0.141 e. The van der Waals surface area contributed by atoms with Crippen molar-refractivity contribution in [2.45, 2.75) is 20.0 Å². The first kappa shape index (κ1) is 13.4. The van der Waals surface area contributed by atoms with Gasteiger partial charge in [0.15, 0.2) is 0 Å². The lowest BCUT2D eigenvalue weighted by atomic mass is 9.95. The SMILES string of the molecule is COc1ccc(C(O)c2cc(C)ccc2C)cc1N. The molecule has 0 bridgehead atoms. The lowest BCUT2D eigenvalue weighted by Crippen LogP contribution is -2.04. The molecular weight excluding hydrogens is 238 g/mol. The summed E-state index contributed by atoms with van der Waals surface area (Å²) in [5.74, 6) is 0.622. The molecule has 3 N–H and O–H groups in total. The van der Waals surface area contributed by atoms with Crippen molar-refractivity contribution in [2.24, 2.45) is 0 Å². The van der Waals surface area contributed by atoms with Gasteiger partial charge in [-0.15, -0.1) is 0 Å². The fourth-order valence-electron chi connectivity index (χ4n) is 2.16. The highest BCUT2D eigenvalue weighted by atomic mass is 16.5. The van der Waals surface area contributed by atoms with Crippen LogP contribution in [-0.4, -0.2) is 12.2 Å². The first-order valence-electron chi connectivity index (χ1n) is 6.21. The summed E-state index contributed by atoms with van der Waals surface area (Å²) in [5.41, 5.74) is 10.3. The molecule has 19 heavy (non-hydrogen) atoms. The van der Waals surface area contributed by atoms with E-state index in [1.54, 1.807) is 19.2 Å². The van der Waals surface area contributed by atoms with Crippen molar-refractivity contribution >= 4 is 5.69 Å². The molecule has 0 heterocycles. The largest absolute Gasteiger partial charge is 0.495 e. The van der Waals surface area contributed by atoms with Crippen molar-refractivity contribution in [1.29, 1.82) is 0 Å². The summed E-state index contributed by atoms with van der Waals surface area (Å²) >= 11 is 0. The Hall–Kier alpha value is -2.00. The van der Waals surface area contributed by atoms with E-state index in [0.29, 0.717) is 11.4 Å². The Kier molecular flexibility index (Phi) is 3.76. The van der Waals surface area contributed by atoms with Crippen LogP contribution >= 0.6 is 0 Å². The van der Waals surface area contributed by atoms with E-state index in [9.17, 15) is 5.11 Å². The number of ether oxygens (including phenoxy) is 1. The Labute approximate surface area is 113 Å². The van der Waals surface area contributed by atoms with Gasteiger partial charge in [0.25, 0.3) is 0 Å². The van der Waals surface area contributed by atoms with Crippen LogP contribution in [0.3, 0.4) is 0 Å². The number of nitrogens with two attached hydrogens (primary N) is 1. The Bertz CT molecular complexity index is 593. The summed E-state index contributed by atoms with van der Waals surface area (Å²) in [6.07, 6.45) is -0.673. The zero-order chi connectivity index (χ0) is 14.0. The number of methoxy groups -OCH3 is 1. The molecular formula is C16H19NO2. The molecule has 0 aliphatic rings. The molecule has 0 aliphatic carbocycles. The maximum atomic E-state index is 10.5. The monoisotopic (exact) mass is 257 g/mol. The summed E-state index contributed by atoms with van der Waals surface area (Å²) in [6.45, 7) is 4.00. The van der Waals surface area contributed by atoms with Crippen LogP contribution in [0.15, 0.2) is 36.4 Å². The molecule has 2 aromatic rings. The van der Waals surface area contributed by atoms with Crippen molar-refractivity contribution in [3.63, 3.8) is 0 Å². The van der Waals surface area contributed by atoms with Gasteiger partial charge in [-0.1, -0.05) is 29.8 Å². The zero-order valence-corrected chi connectivity index (χ0v) is 11.5. The Morgan fingerprint density at radius 3 is 2.47 bits per heavy atom. The number of aryl methyl sites for hydroxylation is 2. The van der Waals surface area contributed by atoms with E-state index < -0.39 is 6.10 Å². The fourth-order valence-corrected chi connectivity index (χ4v) is 2.16. The molecule has 0 aliphatic heterocycles. The van der Waals surface area contributed by atoms with Gasteiger partial charge in [0, 0.05) is 0 Å². The van der Waals surface area contributed by atoms with E-state index >= 15 is 0 Å². The third-order valence-electron chi connectivity index (χ3n) is 3.30. The summed E-state index contributed by atoms with van der Waals surface area (Å²) in [5, 5.41) is 10.5. The number of aliphatic hydroxyl groups excluding tert-OH is 1. The molecule has 0 aromatic heterocycles. The Morgan fingerprint density at radius 2 is 1.84 bits per heavy atom. The molecule has 0 amide bonds. The highest BCUT2D eigenvalue weighted by Gasteiger charge is 2.14. The minimum Gasteiger partial charge on any atom is -0.495 e. The lowest BCUT2D eigenvalue weighted by molar-refractivity contribution is 0.219. The number of hydrogen-bond acceptors (Lipinski definition) is 3. The van der Waals surface area contributed by atoms with E-state index in [4.69, 9.17) is 10.5 Å². The Balaban J connectivity index is 2.41. The number of rotatable bonds is 3. The predicted molar refractivity (Wildman–Crippen MR) is 77.4 cm³/mol. The third-order valence-corrected chi connectivity index (χ3v) is 3.30. The quantitative estimate of drug-likeness (QED) is 0.831. The van der Waals surface area contributed by atoms with Crippen LogP contribution < -0.4 is 10.5 Å². The standard InChI is InChI=1S/C16H19NO2/c1-10-4-5-11(2)13(8-10)16(18)12-6-7-15(19-3)14(17)9-12/h4-9,16,18H,17H2,1-3H3. The molecule has 2 aromatic carbocycles. The summed E-state index contributed by atoms with van der Waals surface area (Å²) in [7, 11) is 1.58. The van der Waals surface area contributed by atoms with Crippen molar-refractivity contribution in [3.8, 4) is 5.75 Å². The van der Waals surface area contributed by atoms with Crippen LogP contribution in [-0.2, 0) is 0 Å². The lowest BCUT2D eigenvalue weighted by Gasteiger charge is -2.16. The average Bonchev–Trinajstić information content (AvgIpc) is 2.40. The molecule has 1 unspecified atom stereocenters. The molecule has 0 saturated carbocycles. The molecule has 100 valence electrons. The smallest absolute Gasteiger partial charge is 0.141 e. The minimum atomic E-state index is -0.673. The van der Waals surface area contributed by atoms with Crippen LogP contribution in [0.5, 0.6) is 5.75 Å². The number of benzene rings is 2. The van der Waals surface area contributed by atoms with Crippen LogP contribution in [0, 0.1) is 13.8 Å². The minimum absolute atomic E-state index is 0.532. The van der Waals surface area contributed by atoms with Gasteiger partial charge in [0.2, 0.25) is 0 Å². The van der Waals surface area contributed by atoms with Gasteiger partial charge in [-0.05, 0) is 42.7 Å². The third kappa shape index (κ3) is 2.71. The fraction of sp³-hybridized carbons (Fsp3) is 0.250. The zero-order valence-electron chi connectivity index (χ0n) is 11.5. The van der Waals surface area contributed by atoms with E-state index in [2.05, 4.69) is 0 Å². The van der Waals surface area contributed by atoms with Crippen molar-refractivity contribution in [3.05, 3.63) is 58.7 Å². The van der Waals surface area contributed by atoms with Gasteiger partial charge in [-0.25, -0.2) is 0 Å². The van der Waals surface area contributed by atoms with Gasteiger partial charge >= 0.3 is 0 Å². The van der Waals surface area contributed by atoms with E-state index in [1.165, 1.54) is 0 Å². The van der Waals surface area contributed by atoms with Gasteiger partial charge < -0.3 is 15.6 Å². The van der Waals surface area contributed by atoms with Crippen molar-refractivity contribution in [1.82, 2.24) is 0 Å². The molecule has 3 nitrogen and oxygen atoms in total. The highest BCUT2D eigenvalue weighted by molar-refractivity contribution is 5.55. The highest BCUT2D eigenvalue weighted by Crippen LogP contribution is 2.30. The van der Waals surface area contributed by atoms with Crippen LogP contribution in [0.25, 0.3) is 0 Å². The molecule has 0 spiro atoms. The van der Waals surface area contributed by atoms with Crippen molar-refractivity contribution in [2.75, 3.05) is 12.8 Å². The number of hydrogen-bond donors (Lipinski definition) is 2. The normalized spacial score (nSPS) is 12.2. The molecule has 1 atom stereocenters. The Morgan fingerprint density at radius 1 is 1.11 bits per heavy atom. The number of nitrogen functional groups attached to an aromatic ring is 1. The summed E-state index contributed by atoms with van der Waals surface area (Å²) in [4.78, 5) is 0. The van der Waals surface area contributed by atoms with Crippen LogP contribution in [0.2, 0.25) is 0 Å². The van der Waals surface area contributed by atoms with Gasteiger partial charge in [-0.2, -0.15) is 0 Å². The van der Waals surface area contributed by atoms with Gasteiger partial charge in [0.05, 0.1) is 12.8 Å². The molecule has 0 fully saturated rings. The first-order valence-corrected chi connectivity index (χ1v) is 6.21. The second-order valence-corrected chi connectivity index (χ2v) is 4.76. The molecule has 3 heteroatoms. The summed E-state index contributed by atoms with van der Waals surface area (Å²) in [6, 6.07) is 11.4. The van der Waals surface area contributed by atoms with Crippen LogP contribution in [0.4, 0.5) is 5.69 Å². The van der Waals surface area contributed by atoms with Crippen molar-refractivity contribution < 1.29 is 9.84 Å². The maximum absolute atomic E-state index is 10.5. The van der Waals surface area contributed by atoms with Crippen LogP contribution in [0.1, 0.15) is 28.4 Å². The van der Waals surface area contributed by atoms with Gasteiger partial charge in [0.1, 0.15) is 11.9 Å². The first-order chi connectivity index (χ1) is 9.02. The topological polar surface area (TPSA) is 55.5 Å². The summed E-state index contributed by atoms with van der Waals surface area (Å²) < 4.78 is 5.12. The van der Waals surface area contributed by atoms with E-state index in [1.807, 2.05) is 38.1 Å². The molecule has 0 saturated heterocycles. The van der Waals surface area contributed by atoms with E-state index in [0.717, 1.165) is 22.3 Å². The second-order valence-electron chi connectivity index (χ2n) is 4.76.